The number of sulfonamides is 1. The van der Waals surface area contributed by atoms with Gasteiger partial charge in [0.25, 0.3) is 0 Å². The van der Waals surface area contributed by atoms with Crippen molar-refractivity contribution in [3.05, 3.63) is 66.5 Å². The van der Waals surface area contributed by atoms with Crippen LogP contribution in [-0.4, -0.2) is 45.1 Å². The Balaban J connectivity index is 2.07. The molecule has 0 unspecified atom stereocenters. The van der Waals surface area contributed by atoms with E-state index < -0.39 is 10.0 Å². The molecule has 6 nitrogen and oxygen atoms in total. The molecule has 0 saturated carbocycles. The molecule has 0 amide bonds. The largest absolute Gasteiger partial charge is 0.496 e. The molecule has 0 radical (unpaired) electrons. The maximum absolute atomic E-state index is 13.5. The molecule has 1 heterocycles. The zero-order valence-electron chi connectivity index (χ0n) is 15.3. The van der Waals surface area contributed by atoms with E-state index in [2.05, 4.69) is 4.98 Å². The number of methoxy groups -OCH3 is 2. The van der Waals surface area contributed by atoms with Crippen molar-refractivity contribution in [3.63, 3.8) is 0 Å². The van der Waals surface area contributed by atoms with Crippen molar-refractivity contribution in [1.82, 2.24) is 9.29 Å². The molecule has 0 fully saturated rings. The lowest BCUT2D eigenvalue weighted by Crippen LogP contribution is -2.33. The standard InChI is InChI=1S/C20H22N2O4S/c1-25-13-12-22(15-16-6-5-11-21-14-16)27(23,24)20-10-9-19(26-2)17-7-3-4-8-18(17)20/h3-11,14H,12-13,15H2,1-2H3. The fourth-order valence-corrected chi connectivity index (χ4v) is 4.57. The van der Waals surface area contributed by atoms with Crippen molar-refractivity contribution in [2.24, 2.45) is 0 Å². The van der Waals surface area contributed by atoms with Gasteiger partial charge in [-0.3, -0.25) is 4.98 Å². The molecule has 0 aliphatic carbocycles. The van der Waals surface area contributed by atoms with Gasteiger partial charge >= 0.3 is 0 Å². The SMILES string of the molecule is COCCN(Cc1cccnc1)S(=O)(=O)c1ccc(OC)c2ccccc12. The van der Waals surface area contributed by atoms with Crippen LogP contribution in [0.3, 0.4) is 0 Å². The quantitative estimate of drug-likeness (QED) is 0.595. The zero-order valence-corrected chi connectivity index (χ0v) is 16.1. The van der Waals surface area contributed by atoms with Crippen LogP contribution in [0, 0.1) is 0 Å². The third kappa shape index (κ3) is 4.10. The van der Waals surface area contributed by atoms with Crippen LogP contribution in [0.25, 0.3) is 10.8 Å². The second-order valence-corrected chi connectivity index (χ2v) is 7.91. The van der Waals surface area contributed by atoms with Crippen LogP contribution in [0.1, 0.15) is 5.56 Å². The highest BCUT2D eigenvalue weighted by Crippen LogP contribution is 2.32. The summed E-state index contributed by atoms with van der Waals surface area (Å²) in [6, 6.07) is 14.3. The molecule has 7 heteroatoms. The summed E-state index contributed by atoms with van der Waals surface area (Å²) in [6.45, 7) is 0.765. The molecule has 0 spiro atoms. The number of fused-ring (bicyclic) bond motifs is 1. The maximum Gasteiger partial charge on any atom is 0.244 e. The zero-order chi connectivity index (χ0) is 19.3. The Kier molecular flexibility index (Phi) is 6.05. The Morgan fingerprint density at radius 1 is 1.00 bits per heavy atom. The summed E-state index contributed by atoms with van der Waals surface area (Å²) < 4.78 is 38.9. The number of pyridine rings is 1. The Morgan fingerprint density at radius 2 is 1.78 bits per heavy atom. The van der Waals surface area contributed by atoms with Gasteiger partial charge in [-0.25, -0.2) is 8.42 Å². The van der Waals surface area contributed by atoms with Crippen LogP contribution in [0.4, 0.5) is 0 Å². The second-order valence-electron chi connectivity index (χ2n) is 6.00. The van der Waals surface area contributed by atoms with Crippen LogP contribution in [0.5, 0.6) is 5.75 Å². The van der Waals surface area contributed by atoms with Gasteiger partial charge in [0, 0.05) is 43.4 Å². The molecular formula is C20H22N2O4S. The molecule has 27 heavy (non-hydrogen) atoms. The van der Waals surface area contributed by atoms with E-state index in [9.17, 15) is 8.42 Å². The van der Waals surface area contributed by atoms with E-state index in [0.717, 1.165) is 10.9 Å². The minimum Gasteiger partial charge on any atom is -0.496 e. The van der Waals surface area contributed by atoms with Crippen molar-refractivity contribution in [3.8, 4) is 5.75 Å². The summed E-state index contributed by atoms with van der Waals surface area (Å²) in [6.07, 6.45) is 3.33. The third-order valence-electron chi connectivity index (χ3n) is 4.31. The molecule has 0 saturated heterocycles. The molecule has 0 atom stereocenters. The molecule has 0 aliphatic rings. The monoisotopic (exact) mass is 386 g/mol. The smallest absolute Gasteiger partial charge is 0.244 e. The fourth-order valence-electron chi connectivity index (χ4n) is 2.96. The van der Waals surface area contributed by atoms with E-state index in [4.69, 9.17) is 9.47 Å². The number of rotatable bonds is 8. The van der Waals surface area contributed by atoms with Crippen molar-refractivity contribution in [1.29, 1.82) is 0 Å². The molecule has 2 aromatic carbocycles. The van der Waals surface area contributed by atoms with Crippen molar-refractivity contribution in [2.45, 2.75) is 11.4 Å². The number of hydrogen-bond acceptors (Lipinski definition) is 5. The molecule has 1 aromatic heterocycles. The Labute approximate surface area is 159 Å². The summed E-state index contributed by atoms with van der Waals surface area (Å²) in [4.78, 5) is 4.33. The van der Waals surface area contributed by atoms with Crippen molar-refractivity contribution >= 4 is 20.8 Å². The van der Waals surface area contributed by atoms with Gasteiger partial charge in [0.15, 0.2) is 0 Å². The first-order valence-corrected chi connectivity index (χ1v) is 9.95. The molecule has 3 aromatic rings. The summed E-state index contributed by atoms with van der Waals surface area (Å²) in [7, 11) is -0.627. The topological polar surface area (TPSA) is 68.7 Å². The Morgan fingerprint density at radius 3 is 2.44 bits per heavy atom. The van der Waals surface area contributed by atoms with Gasteiger partial charge in [-0.15, -0.1) is 0 Å². The van der Waals surface area contributed by atoms with E-state index in [0.29, 0.717) is 17.7 Å². The van der Waals surface area contributed by atoms with Gasteiger partial charge in [0.05, 0.1) is 18.6 Å². The average Bonchev–Trinajstić information content (AvgIpc) is 2.70. The van der Waals surface area contributed by atoms with Crippen LogP contribution in [0.2, 0.25) is 0 Å². The van der Waals surface area contributed by atoms with Crippen LogP contribution in [0.15, 0.2) is 65.8 Å². The van der Waals surface area contributed by atoms with Crippen molar-refractivity contribution < 1.29 is 17.9 Å². The minimum absolute atomic E-state index is 0.222. The highest BCUT2D eigenvalue weighted by Gasteiger charge is 2.27. The number of aromatic nitrogens is 1. The number of benzene rings is 2. The highest BCUT2D eigenvalue weighted by atomic mass is 32.2. The predicted octanol–water partition coefficient (Wildman–Crippen LogP) is 3.08. The van der Waals surface area contributed by atoms with E-state index >= 15 is 0 Å². The van der Waals surface area contributed by atoms with Crippen LogP contribution in [-0.2, 0) is 21.3 Å². The average molecular weight is 386 g/mol. The normalized spacial score (nSPS) is 11.8. The van der Waals surface area contributed by atoms with Gasteiger partial charge < -0.3 is 9.47 Å². The van der Waals surface area contributed by atoms with Gasteiger partial charge in [0.1, 0.15) is 5.75 Å². The fraction of sp³-hybridized carbons (Fsp3) is 0.250. The lowest BCUT2D eigenvalue weighted by Gasteiger charge is -2.23. The minimum atomic E-state index is -3.75. The van der Waals surface area contributed by atoms with Crippen LogP contribution >= 0.6 is 0 Å². The molecule has 0 N–H and O–H groups in total. The first-order valence-electron chi connectivity index (χ1n) is 8.51. The number of nitrogens with zero attached hydrogens (tertiary/aromatic N) is 2. The summed E-state index contributed by atoms with van der Waals surface area (Å²) in [5.41, 5.74) is 0.815. The summed E-state index contributed by atoms with van der Waals surface area (Å²) in [5.74, 6) is 0.639. The number of hydrogen-bond donors (Lipinski definition) is 0. The molecule has 142 valence electrons. The van der Waals surface area contributed by atoms with Crippen molar-refractivity contribution in [2.75, 3.05) is 27.4 Å². The lowest BCUT2D eigenvalue weighted by atomic mass is 10.1. The lowest BCUT2D eigenvalue weighted by molar-refractivity contribution is 0.177. The third-order valence-corrected chi connectivity index (χ3v) is 6.21. The molecule has 3 rings (SSSR count). The summed E-state index contributed by atoms with van der Waals surface area (Å²) in [5, 5.41) is 1.39. The molecular weight excluding hydrogens is 364 g/mol. The van der Waals surface area contributed by atoms with E-state index in [1.165, 1.54) is 4.31 Å². The van der Waals surface area contributed by atoms with E-state index in [1.54, 1.807) is 50.9 Å². The summed E-state index contributed by atoms with van der Waals surface area (Å²) >= 11 is 0. The van der Waals surface area contributed by atoms with Gasteiger partial charge in [-0.05, 0) is 23.8 Å². The van der Waals surface area contributed by atoms with Gasteiger partial charge in [-0.1, -0.05) is 30.3 Å². The van der Waals surface area contributed by atoms with E-state index in [1.807, 2.05) is 24.3 Å². The predicted molar refractivity (Wildman–Crippen MR) is 104 cm³/mol. The first kappa shape index (κ1) is 19.3. The Hall–Kier alpha value is -2.48. The van der Waals surface area contributed by atoms with Gasteiger partial charge in [-0.2, -0.15) is 4.31 Å². The molecule has 0 bridgehead atoms. The first-order chi connectivity index (χ1) is 13.1. The highest BCUT2D eigenvalue weighted by molar-refractivity contribution is 7.89. The van der Waals surface area contributed by atoms with E-state index in [-0.39, 0.29) is 18.0 Å². The molecule has 0 aliphatic heterocycles. The van der Waals surface area contributed by atoms with Crippen LogP contribution < -0.4 is 4.74 Å². The number of ether oxygens (including phenoxy) is 2. The Bertz CT molecular complexity index is 1010. The second kappa shape index (κ2) is 8.47. The maximum atomic E-state index is 13.5. The van der Waals surface area contributed by atoms with Gasteiger partial charge in [0.2, 0.25) is 10.0 Å².